The Morgan fingerprint density at radius 3 is 2.52 bits per heavy atom. The Morgan fingerprint density at radius 1 is 1.14 bits per heavy atom. The SMILES string of the molecule is Cc1ccc(OCCCCN2C[C@@H](C)O[C@H](C)C2)c(C)c1. The second-order valence-corrected chi connectivity index (χ2v) is 6.34. The normalized spacial score (nSPS) is 23.2. The zero-order valence-electron chi connectivity index (χ0n) is 13.9. The van der Waals surface area contributed by atoms with Crippen LogP contribution in [0.25, 0.3) is 0 Å². The van der Waals surface area contributed by atoms with Crippen LogP contribution in [0.1, 0.15) is 37.8 Å². The molecule has 1 fully saturated rings. The molecule has 0 amide bonds. The predicted molar refractivity (Wildman–Crippen MR) is 87.1 cm³/mol. The minimum atomic E-state index is 0.361. The number of hydrogen-bond acceptors (Lipinski definition) is 3. The maximum atomic E-state index is 5.88. The molecule has 0 spiro atoms. The molecule has 2 atom stereocenters. The molecule has 0 radical (unpaired) electrons. The van der Waals surface area contributed by atoms with Crippen molar-refractivity contribution in [2.24, 2.45) is 0 Å². The molecule has 3 heteroatoms. The summed E-state index contributed by atoms with van der Waals surface area (Å²) in [6.45, 7) is 12.6. The number of ether oxygens (including phenoxy) is 2. The van der Waals surface area contributed by atoms with Crippen molar-refractivity contribution in [1.82, 2.24) is 4.90 Å². The lowest BCUT2D eigenvalue weighted by molar-refractivity contribution is -0.0682. The first-order chi connectivity index (χ1) is 10.0. The van der Waals surface area contributed by atoms with Crippen molar-refractivity contribution in [2.75, 3.05) is 26.2 Å². The number of benzene rings is 1. The van der Waals surface area contributed by atoms with Crippen LogP contribution in [0.5, 0.6) is 5.75 Å². The summed E-state index contributed by atoms with van der Waals surface area (Å²) in [4.78, 5) is 2.51. The lowest BCUT2D eigenvalue weighted by Gasteiger charge is -2.35. The van der Waals surface area contributed by atoms with E-state index in [2.05, 4.69) is 50.8 Å². The highest BCUT2D eigenvalue weighted by atomic mass is 16.5. The maximum absolute atomic E-state index is 5.88. The molecule has 3 nitrogen and oxygen atoms in total. The van der Waals surface area contributed by atoms with Crippen LogP contribution in [-0.2, 0) is 4.74 Å². The molecule has 0 aromatic heterocycles. The summed E-state index contributed by atoms with van der Waals surface area (Å²) in [5, 5.41) is 0. The van der Waals surface area contributed by atoms with Gasteiger partial charge in [0.2, 0.25) is 0 Å². The van der Waals surface area contributed by atoms with Gasteiger partial charge in [-0.05, 0) is 58.7 Å². The maximum Gasteiger partial charge on any atom is 0.122 e. The Labute approximate surface area is 129 Å². The van der Waals surface area contributed by atoms with Crippen molar-refractivity contribution in [3.8, 4) is 5.75 Å². The van der Waals surface area contributed by atoms with Gasteiger partial charge < -0.3 is 9.47 Å². The van der Waals surface area contributed by atoms with E-state index in [1.165, 1.54) is 17.5 Å². The molecule has 21 heavy (non-hydrogen) atoms. The van der Waals surface area contributed by atoms with E-state index in [1.807, 2.05) is 0 Å². The van der Waals surface area contributed by atoms with Crippen LogP contribution in [0.2, 0.25) is 0 Å². The smallest absolute Gasteiger partial charge is 0.122 e. The molecule has 0 bridgehead atoms. The summed E-state index contributed by atoms with van der Waals surface area (Å²) in [6.07, 6.45) is 3.01. The number of morpholine rings is 1. The van der Waals surface area contributed by atoms with Crippen LogP contribution in [0.4, 0.5) is 0 Å². The van der Waals surface area contributed by atoms with Gasteiger partial charge in [0.25, 0.3) is 0 Å². The molecule has 0 saturated carbocycles. The summed E-state index contributed by atoms with van der Waals surface area (Å²) in [5.41, 5.74) is 2.52. The van der Waals surface area contributed by atoms with Gasteiger partial charge in [-0.15, -0.1) is 0 Å². The van der Waals surface area contributed by atoms with Gasteiger partial charge in [0.1, 0.15) is 5.75 Å². The lowest BCUT2D eigenvalue weighted by Crippen LogP contribution is -2.45. The highest BCUT2D eigenvalue weighted by molar-refractivity contribution is 5.35. The standard InChI is InChI=1S/C18H29NO2/c1-14-7-8-18(15(2)11-14)20-10-6-5-9-19-12-16(3)21-17(4)13-19/h7-8,11,16-17H,5-6,9-10,12-13H2,1-4H3/t16-,17-/m1/s1. The van der Waals surface area contributed by atoms with Crippen molar-refractivity contribution >= 4 is 0 Å². The second-order valence-electron chi connectivity index (χ2n) is 6.34. The van der Waals surface area contributed by atoms with E-state index in [0.29, 0.717) is 12.2 Å². The van der Waals surface area contributed by atoms with Crippen LogP contribution in [0, 0.1) is 13.8 Å². The molecule has 2 rings (SSSR count). The third-order valence-electron chi connectivity index (χ3n) is 3.95. The number of unbranched alkanes of at least 4 members (excludes halogenated alkanes) is 1. The Kier molecular flexibility index (Phi) is 6.07. The van der Waals surface area contributed by atoms with Crippen molar-refractivity contribution in [3.05, 3.63) is 29.3 Å². The summed E-state index contributed by atoms with van der Waals surface area (Å²) in [7, 11) is 0. The Bertz CT molecular complexity index is 437. The molecule has 1 aromatic carbocycles. The first-order valence-electron chi connectivity index (χ1n) is 8.12. The number of nitrogens with zero attached hydrogens (tertiary/aromatic N) is 1. The van der Waals surface area contributed by atoms with Gasteiger partial charge in [0.15, 0.2) is 0 Å². The molecule has 0 unspecified atom stereocenters. The van der Waals surface area contributed by atoms with E-state index in [4.69, 9.17) is 9.47 Å². The average Bonchev–Trinajstić information content (AvgIpc) is 2.39. The molecule has 1 saturated heterocycles. The summed E-state index contributed by atoms with van der Waals surface area (Å²) in [5.74, 6) is 1.02. The molecule has 1 aliphatic heterocycles. The molecule has 1 heterocycles. The molecule has 118 valence electrons. The lowest BCUT2D eigenvalue weighted by atomic mass is 10.1. The largest absolute Gasteiger partial charge is 0.493 e. The minimum absolute atomic E-state index is 0.361. The predicted octanol–water partition coefficient (Wildman–Crippen LogP) is 3.57. The van der Waals surface area contributed by atoms with E-state index >= 15 is 0 Å². The van der Waals surface area contributed by atoms with Crippen molar-refractivity contribution in [1.29, 1.82) is 0 Å². The van der Waals surface area contributed by atoms with Gasteiger partial charge in [-0.1, -0.05) is 17.7 Å². The van der Waals surface area contributed by atoms with Gasteiger partial charge in [0.05, 0.1) is 18.8 Å². The Balaban J connectivity index is 1.63. The highest BCUT2D eigenvalue weighted by Crippen LogP contribution is 2.19. The van der Waals surface area contributed by atoms with Crippen LogP contribution < -0.4 is 4.74 Å². The zero-order valence-corrected chi connectivity index (χ0v) is 13.9. The van der Waals surface area contributed by atoms with Gasteiger partial charge in [0, 0.05) is 13.1 Å². The average molecular weight is 291 g/mol. The van der Waals surface area contributed by atoms with Crippen LogP contribution in [0.15, 0.2) is 18.2 Å². The van der Waals surface area contributed by atoms with E-state index in [0.717, 1.165) is 38.4 Å². The van der Waals surface area contributed by atoms with Gasteiger partial charge in [-0.3, -0.25) is 4.90 Å². The van der Waals surface area contributed by atoms with E-state index in [1.54, 1.807) is 0 Å². The Morgan fingerprint density at radius 2 is 1.86 bits per heavy atom. The fourth-order valence-corrected chi connectivity index (χ4v) is 3.05. The molecular formula is C18H29NO2. The first kappa shape index (κ1) is 16.3. The summed E-state index contributed by atoms with van der Waals surface area (Å²) in [6, 6.07) is 6.36. The van der Waals surface area contributed by atoms with Crippen molar-refractivity contribution in [2.45, 2.75) is 52.7 Å². The zero-order chi connectivity index (χ0) is 15.2. The van der Waals surface area contributed by atoms with E-state index < -0.39 is 0 Å². The molecule has 0 aliphatic carbocycles. The quantitative estimate of drug-likeness (QED) is 0.748. The van der Waals surface area contributed by atoms with Gasteiger partial charge >= 0.3 is 0 Å². The number of aryl methyl sites for hydroxylation is 2. The highest BCUT2D eigenvalue weighted by Gasteiger charge is 2.21. The summed E-state index contributed by atoms with van der Waals surface area (Å²) < 4.78 is 11.6. The van der Waals surface area contributed by atoms with Crippen molar-refractivity contribution < 1.29 is 9.47 Å². The number of rotatable bonds is 6. The van der Waals surface area contributed by atoms with Crippen LogP contribution in [0.3, 0.4) is 0 Å². The molecule has 1 aliphatic rings. The minimum Gasteiger partial charge on any atom is -0.493 e. The topological polar surface area (TPSA) is 21.7 Å². The van der Waals surface area contributed by atoms with E-state index in [-0.39, 0.29) is 0 Å². The molecule has 0 N–H and O–H groups in total. The van der Waals surface area contributed by atoms with Crippen molar-refractivity contribution in [3.63, 3.8) is 0 Å². The monoisotopic (exact) mass is 291 g/mol. The third kappa shape index (κ3) is 5.33. The van der Waals surface area contributed by atoms with E-state index in [9.17, 15) is 0 Å². The summed E-state index contributed by atoms with van der Waals surface area (Å²) >= 11 is 0. The first-order valence-corrected chi connectivity index (χ1v) is 8.12. The fourth-order valence-electron chi connectivity index (χ4n) is 3.05. The number of hydrogen-bond donors (Lipinski definition) is 0. The Hall–Kier alpha value is -1.06. The van der Waals surface area contributed by atoms with Crippen LogP contribution in [-0.4, -0.2) is 43.3 Å². The van der Waals surface area contributed by atoms with Crippen LogP contribution >= 0.6 is 0 Å². The molecular weight excluding hydrogens is 262 g/mol. The van der Waals surface area contributed by atoms with Gasteiger partial charge in [-0.25, -0.2) is 0 Å². The molecule has 1 aromatic rings. The third-order valence-corrected chi connectivity index (χ3v) is 3.95. The van der Waals surface area contributed by atoms with Gasteiger partial charge in [-0.2, -0.15) is 0 Å². The fraction of sp³-hybridized carbons (Fsp3) is 0.667. The second kappa shape index (κ2) is 7.81.